The number of aryl methyl sites for hydroxylation is 1. The van der Waals surface area contributed by atoms with Gasteiger partial charge in [-0.15, -0.1) is 0 Å². The maximum atomic E-state index is 12.9. The van der Waals surface area contributed by atoms with Gasteiger partial charge in [0.25, 0.3) is 5.91 Å². The van der Waals surface area contributed by atoms with Gasteiger partial charge in [0.1, 0.15) is 5.69 Å². The van der Waals surface area contributed by atoms with E-state index in [1.54, 1.807) is 19.5 Å². The van der Waals surface area contributed by atoms with Gasteiger partial charge in [-0.25, -0.2) is 4.79 Å². The Labute approximate surface area is 198 Å². The van der Waals surface area contributed by atoms with Gasteiger partial charge >= 0.3 is 12.1 Å². The predicted octanol–water partition coefficient (Wildman–Crippen LogP) is 3.78. The topological polar surface area (TPSA) is 98.4 Å². The summed E-state index contributed by atoms with van der Waals surface area (Å²) in [6.45, 7) is 1.75. The van der Waals surface area contributed by atoms with Gasteiger partial charge in [0.05, 0.1) is 23.2 Å². The zero-order valence-electron chi connectivity index (χ0n) is 19.2. The number of nitrogens with zero attached hydrogens (tertiary/aromatic N) is 3. The molecule has 0 saturated heterocycles. The number of amides is 1. The Morgan fingerprint density at radius 3 is 2.40 bits per heavy atom. The standard InChI is InChI=1S/C22H24N4O2.C2HF3O2/c1-25-18-6-4-3-5-17(18)21-19(25)15-20(26(21)13-14-28-2)22(27)24-12-9-16-7-10-23-11-8-16;3-2(4,5)1(6)7/h3-8,10-11,15H,9,12-14H2,1-2H3,(H,24,27);(H,6,7). The average molecular weight is 490 g/mol. The maximum absolute atomic E-state index is 12.9. The SMILES string of the molecule is COCCn1c(C(=O)NCCc2ccncc2)cc2c1c1ccccc1n2C.O=C(O)C(F)(F)F. The number of hydrogen-bond acceptors (Lipinski definition) is 4. The molecular formula is C24H25F3N4O4. The van der Waals surface area contributed by atoms with Crippen molar-refractivity contribution in [1.82, 2.24) is 19.4 Å². The van der Waals surface area contributed by atoms with Crippen molar-refractivity contribution in [2.45, 2.75) is 19.1 Å². The van der Waals surface area contributed by atoms with Crippen LogP contribution in [0.4, 0.5) is 13.2 Å². The second kappa shape index (κ2) is 11.0. The van der Waals surface area contributed by atoms with Gasteiger partial charge in [-0.2, -0.15) is 13.2 Å². The Balaban J connectivity index is 0.000000429. The van der Waals surface area contributed by atoms with Gasteiger partial charge in [0.2, 0.25) is 0 Å². The van der Waals surface area contributed by atoms with Gasteiger partial charge in [-0.05, 0) is 36.2 Å². The molecule has 1 amide bonds. The van der Waals surface area contributed by atoms with Gasteiger partial charge in [-0.1, -0.05) is 18.2 Å². The predicted molar refractivity (Wildman–Crippen MR) is 124 cm³/mol. The lowest BCUT2D eigenvalue weighted by molar-refractivity contribution is -0.192. The van der Waals surface area contributed by atoms with Crippen molar-refractivity contribution in [3.63, 3.8) is 0 Å². The Morgan fingerprint density at radius 2 is 1.77 bits per heavy atom. The van der Waals surface area contributed by atoms with Crippen LogP contribution in [0, 0.1) is 0 Å². The molecule has 35 heavy (non-hydrogen) atoms. The minimum Gasteiger partial charge on any atom is -0.475 e. The second-order valence-electron chi connectivity index (χ2n) is 7.65. The van der Waals surface area contributed by atoms with E-state index in [2.05, 4.69) is 31.6 Å². The van der Waals surface area contributed by atoms with Gasteiger partial charge in [-0.3, -0.25) is 9.78 Å². The second-order valence-corrected chi connectivity index (χ2v) is 7.65. The van der Waals surface area contributed by atoms with E-state index in [4.69, 9.17) is 14.6 Å². The van der Waals surface area contributed by atoms with Gasteiger partial charge < -0.3 is 24.3 Å². The van der Waals surface area contributed by atoms with E-state index in [9.17, 15) is 18.0 Å². The first-order valence-corrected chi connectivity index (χ1v) is 10.7. The maximum Gasteiger partial charge on any atom is 0.490 e. The highest BCUT2D eigenvalue weighted by molar-refractivity contribution is 6.10. The Kier molecular flexibility index (Phi) is 8.13. The van der Waals surface area contributed by atoms with Gasteiger partial charge in [0.15, 0.2) is 0 Å². The summed E-state index contributed by atoms with van der Waals surface area (Å²) in [5.41, 5.74) is 5.11. The van der Waals surface area contributed by atoms with Crippen molar-refractivity contribution in [3.8, 4) is 0 Å². The summed E-state index contributed by atoms with van der Waals surface area (Å²) in [6.07, 6.45) is -0.773. The molecule has 1 aromatic carbocycles. The summed E-state index contributed by atoms with van der Waals surface area (Å²) < 4.78 is 41.2. The molecule has 0 saturated carbocycles. The Bertz CT molecular complexity index is 1310. The van der Waals surface area contributed by atoms with Crippen molar-refractivity contribution >= 4 is 33.8 Å². The number of pyridine rings is 1. The molecular weight excluding hydrogens is 465 g/mol. The molecule has 0 unspecified atom stereocenters. The molecule has 0 aliphatic rings. The molecule has 186 valence electrons. The Morgan fingerprint density at radius 1 is 1.11 bits per heavy atom. The first-order chi connectivity index (χ1) is 16.6. The molecule has 8 nitrogen and oxygen atoms in total. The fraction of sp³-hybridized carbons (Fsp3) is 0.292. The lowest BCUT2D eigenvalue weighted by Gasteiger charge is -2.11. The quantitative estimate of drug-likeness (QED) is 0.411. The summed E-state index contributed by atoms with van der Waals surface area (Å²) in [5, 5.41) is 11.3. The number of rotatable bonds is 7. The van der Waals surface area contributed by atoms with E-state index in [1.807, 2.05) is 37.4 Å². The number of carboxylic acid groups (broad SMARTS) is 1. The molecule has 0 aliphatic heterocycles. The van der Waals surface area contributed by atoms with Crippen LogP contribution < -0.4 is 5.32 Å². The van der Waals surface area contributed by atoms with E-state index in [1.165, 1.54) is 0 Å². The minimum atomic E-state index is -5.08. The molecule has 0 radical (unpaired) electrons. The van der Waals surface area contributed by atoms with Crippen molar-refractivity contribution in [3.05, 3.63) is 66.1 Å². The highest BCUT2D eigenvalue weighted by Gasteiger charge is 2.38. The summed E-state index contributed by atoms with van der Waals surface area (Å²) in [7, 11) is 3.72. The van der Waals surface area contributed by atoms with E-state index in [0.717, 1.165) is 33.9 Å². The van der Waals surface area contributed by atoms with E-state index >= 15 is 0 Å². The van der Waals surface area contributed by atoms with E-state index in [-0.39, 0.29) is 5.91 Å². The highest BCUT2D eigenvalue weighted by Crippen LogP contribution is 2.31. The number of aliphatic carboxylic acids is 1. The number of para-hydroxylation sites is 1. The fourth-order valence-corrected chi connectivity index (χ4v) is 3.73. The average Bonchev–Trinajstić information content (AvgIpc) is 3.34. The summed E-state index contributed by atoms with van der Waals surface area (Å²) in [4.78, 5) is 25.9. The molecule has 4 aromatic rings. The minimum absolute atomic E-state index is 0.0644. The lowest BCUT2D eigenvalue weighted by atomic mass is 10.2. The molecule has 3 aromatic heterocycles. The largest absolute Gasteiger partial charge is 0.490 e. The first kappa shape index (κ1) is 25.8. The van der Waals surface area contributed by atoms with E-state index < -0.39 is 12.1 Å². The first-order valence-electron chi connectivity index (χ1n) is 10.7. The number of carboxylic acids is 1. The van der Waals surface area contributed by atoms with E-state index in [0.29, 0.717) is 25.4 Å². The van der Waals surface area contributed by atoms with Crippen LogP contribution in [0.25, 0.3) is 21.9 Å². The third-order valence-corrected chi connectivity index (χ3v) is 5.40. The molecule has 0 spiro atoms. The number of halogens is 3. The van der Waals surface area contributed by atoms with Crippen LogP contribution >= 0.6 is 0 Å². The molecule has 11 heteroatoms. The fourth-order valence-electron chi connectivity index (χ4n) is 3.73. The van der Waals surface area contributed by atoms with Crippen molar-refractivity contribution in [2.24, 2.45) is 7.05 Å². The van der Waals surface area contributed by atoms with Crippen LogP contribution in [-0.2, 0) is 29.5 Å². The number of carbonyl (C=O) groups is 2. The van der Waals surface area contributed by atoms with Crippen LogP contribution in [0.2, 0.25) is 0 Å². The molecule has 0 atom stereocenters. The summed E-state index contributed by atoms with van der Waals surface area (Å²) >= 11 is 0. The molecule has 0 aliphatic carbocycles. The third kappa shape index (κ3) is 5.99. The lowest BCUT2D eigenvalue weighted by Crippen LogP contribution is -2.28. The molecule has 0 fully saturated rings. The number of benzene rings is 1. The van der Waals surface area contributed by atoms with Crippen molar-refractivity contribution in [1.29, 1.82) is 0 Å². The number of alkyl halides is 3. The van der Waals surface area contributed by atoms with Crippen molar-refractivity contribution < 1.29 is 32.6 Å². The smallest absolute Gasteiger partial charge is 0.475 e. The third-order valence-electron chi connectivity index (χ3n) is 5.40. The van der Waals surface area contributed by atoms with Crippen molar-refractivity contribution in [2.75, 3.05) is 20.3 Å². The number of carbonyl (C=O) groups excluding carboxylic acids is 1. The van der Waals surface area contributed by atoms with Crippen LogP contribution in [0.1, 0.15) is 16.1 Å². The monoisotopic (exact) mass is 490 g/mol. The van der Waals surface area contributed by atoms with Crippen LogP contribution in [-0.4, -0.2) is 57.5 Å². The normalized spacial score (nSPS) is 11.3. The number of aromatic nitrogens is 3. The van der Waals surface area contributed by atoms with Gasteiger partial charge in [0, 0.05) is 45.0 Å². The van der Waals surface area contributed by atoms with Crippen LogP contribution in [0.15, 0.2) is 54.9 Å². The summed E-state index contributed by atoms with van der Waals surface area (Å²) in [5.74, 6) is -2.82. The zero-order chi connectivity index (χ0) is 25.6. The molecule has 4 rings (SSSR count). The number of fused-ring (bicyclic) bond motifs is 3. The number of methoxy groups -OCH3 is 1. The van der Waals surface area contributed by atoms with Crippen LogP contribution in [0.5, 0.6) is 0 Å². The number of hydrogen-bond donors (Lipinski definition) is 2. The molecule has 0 bridgehead atoms. The highest BCUT2D eigenvalue weighted by atomic mass is 19.4. The molecule has 2 N–H and O–H groups in total. The summed E-state index contributed by atoms with van der Waals surface area (Å²) in [6, 6.07) is 14.2. The molecule has 3 heterocycles. The zero-order valence-corrected chi connectivity index (χ0v) is 19.2. The van der Waals surface area contributed by atoms with Crippen LogP contribution in [0.3, 0.4) is 0 Å². The number of ether oxygens (including phenoxy) is 1. The Hall–Kier alpha value is -3.86. The number of nitrogens with one attached hydrogen (secondary N) is 1.